The molecule has 0 saturated carbocycles. The molecule has 2 unspecified atom stereocenters. The van der Waals surface area contributed by atoms with Crippen LogP contribution in [0.3, 0.4) is 0 Å². The first kappa shape index (κ1) is 17.3. The van der Waals surface area contributed by atoms with Gasteiger partial charge in [-0.05, 0) is 33.1 Å². The van der Waals surface area contributed by atoms with E-state index in [1.807, 2.05) is 13.8 Å². The standard InChI is InChI=1S/C14H25N3O4/c1-10(5-4-6-11(18)19)16-13(21)17-8-7-14(2,9-17)12(20)15-3/h10H,4-9H2,1-3H3,(H,15,20)(H,16,21)(H,18,19). The largest absolute Gasteiger partial charge is 0.481 e. The summed E-state index contributed by atoms with van der Waals surface area (Å²) in [6.45, 7) is 4.67. The lowest BCUT2D eigenvalue weighted by molar-refractivity contribution is -0.137. The lowest BCUT2D eigenvalue weighted by Crippen LogP contribution is -2.45. The summed E-state index contributed by atoms with van der Waals surface area (Å²) in [5.41, 5.74) is -0.529. The van der Waals surface area contributed by atoms with E-state index in [0.29, 0.717) is 32.4 Å². The molecule has 1 saturated heterocycles. The van der Waals surface area contributed by atoms with Gasteiger partial charge >= 0.3 is 12.0 Å². The van der Waals surface area contributed by atoms with Gasteiger partial charge in [0, 0.05) is 32.6 Å². The Morgan fingerprint density at radius 3 is 2.62 bits per heavy atom. The minimum atomic E-state index is -0.825. The van der Waals surface area contributed by atoms with E-state index < -0.39 is 11.4 Å². The lowest BCUT2D eigenvalue weighted by Gasteiger charge is -2.24. The highest BCUT2D eigenvalue weighted by Crippen LogP contribution is 2.30. The zero-order valence-corrected chi connectivity index (χ0v) is 12.9. The highest BCUT2D eigenvalue weighted by atomic mass is 16.4. The zero-order valence-electron chi connectivity index (χ0n) is 12.9. The maximum Gasteiger partial charge on any atom is 0.317 e. The van der Waals surface area contributed by atoms with Gasteiger partial charge in [-0.2, -0.15) is 0 Å². The van der Waals surface area contributed by atoms with E-state index in [4.69, 9.17) is 5.11 Å². The van der Waals surface area contributed by atoms with Crippen molar-refractivity contribution in [1.29, 1.82) is 0 Å². The Balaban J connectivity index is 2.40. The number of nitrogens with one attached hydrogen (secondary N) is 2. The molecule has 7 nitrogen and oxygen atoms in total. The van der Waals surface area contributed by atoms with Crippen LogP contribution >= 0.6 is 0 Å². The molecule has 3 N–H and O–H groups in total. The first-order valence-corrected chi connectivity index (χ1v) is 7.28. The maximum atomic E-state index is 12.1. The fraction of sp³-hybridized carbons (Fsp3) is 0.786. The van der Waals surface area contributed by atoms with Crippen LogP contribution in [0.25, 0.3) is 0 Å². The van der Waals surface area contributed by atoms with Gasteiger partial charge in [0.05, 0.1) is 5.41 Å². The summed E-state index contributed by atoms with van der Waals surface area (Å²) in [5, 5.41) is 14.1. The van der Waals surface area contributed by atoms with Gasteiger partial charge in [0.15, 0.2) is 0 Å². The highest BCUT2D eigenvalue weighted by Gasteiger charge is 2.41. The Morgan fingerprint density at radius 2 is 2.05 bits per heavy atom. The maximum absolute atomic E-state index is 12.1. The zero-order chi connectivity index (χ0) is 16.0. The molecular formula is C14H25N3O4. The minimum Gasteiger partial charge on any atom is -0.481 e. The number of urea groups is 1. The van der Waals surface area contributed by atoms with Gasteiger partial charge in [-0.1, -0.05) is 0 Å². The van der Waals surface area contributed by atoms with Gasteiger partial charge in [-0.25, -0.2) is 4.79 Å². The summed E-state index contributed by atoms with van der Waals surface area (Å²) in [5.74, 6) is -0.873. The number of hydrogen-bond acceptors (Lipinski definition) is 3. The number of aliphatic carboxylic acids is 1. The van der Waals surface area contributed by atoms with Gasteiger partial charge < -0.3 is 20.6 Å². The number of carbonyl (C=O) groups excluding carboxylic acids is 2. The Kier molecular flexibility index (Phi) is 5.99. The van der Waals surface area contributed by atoms with Crippen molar-refractivity contribution in [1.82, 2.24) is 15.5 Å². The molecule has 0 spiro atoms. The van der Waals surface area contributed by atoms with Crippen LogP contribution in [0.2, 0.25) is 0 Å². The number of likely N-dealkylation sites (tertiary alicyclic amines) is 1. The Hall–Kier alpha value is -1.79. The van der Waals surface area contributed by atoms with E-state index in [-0.39, 0.29) is 24.4 Å². The van der Waals surface area contributed by atoms with Crippen LogP contribution in [0.5, 0.6) is 0 Å². The second-order valence-electron chi connectivity index (χ2n) is 5.95. The average molecular weight is 299 g/mol. The second-order valence-corrected chi connectivity index (χ2v) is 5.95. The summed E-state index contributed by atoms with van der Waals surface area (Å²) in [6, 6.07) is -0.269. The van der Waals surface area contributed by atoms with Crippen molar-refractivity contribution >= 4 is 17.9 Å². The first-order chi connectivity index (χ1) is 9.78. The Morgan fingerprint density at radius 1 is 1.38 bits per heavy atom. The van der Waals surface area contributed by atoms with E-state index in [1.54, 1.807) is 11.9 Å². The summed E-state index contributed by atoms with van der Waals surface area (Å²) in [6.07, 6.45) is 1.91. The van der Waals surface area contributed by atoms with E-state index in [0.717, 1.165) is 0 Å². The third-order valence-corrected chi connectivity index (χ3v) is 3.93. The minimum absolute atomic E-state index is 0.0488. The monoisotopic (exact) mass is 299 g/mol. The fourth-order valence-electron chi connectivity index (χ4n) is 2.56. The third-order valence-electron chi connectivity index (χ3n) is 3.93. The number of hydrogen-bond donors (Lipinski definition) is 3. The number of carbonyl (C=O) groups is 3. The molecule has 0 aromatic heterocycles. The molecule has 0 aromatic carbocycles. The van der Waals surface area contributed by atoms with Gasteiger partial charge in [0.1, 0.15) is 0 Å². The van der Waals surface area contributed by atoms with Crippen molar-refractivity contribution in [3.63, 3.8) is 0 Å². The number of amides is 3. The molecule has 1 heterocycles. The molecule has 1 fully saturated rings. The van der Waals surface area contributed by atoms with E-state index >= 15 is 0 Å². The number of carboxylic acid groups (broad SMARTS) is 1. The van der Waals surface area contributed by atoms with Gasteiger partial charge in [-0.3, -0.25) is 9.59 Å². The van der Waals surface area contributed by atoms with Crippen LogP contribution < -0.4 is 10.6 Å². The molecule has 3 amide bonds. The normalized spacial score (nSPS) is 22.7. The summed E-state index contributed by atoms with van der Waals surface area (Å²) in [7, 11) is 1.60. The fourth-order valence-corrected chi connectivity index (χ4v) is 2.56. The van der Waals surface area contributed by atoms with Gasteiger partial charge in [-0.15, -0.1) is 0 Å². The van der Waals surface area contributed by atoms with E-state index in [2.05, 4.69) is 10.6 Å². The molecule has 1 rings (SSSR count). The number of rotatable bonds is 6. The van der Waals surface area contributed by atoms with Crippen molar-refractivity contribution in [3.8, 4) is 0 Å². The predicted octanol–water partition coefficient (Wildman–Crippen LogP) is 0.797. The number of carboxylic acids is 1. The molecule has 1 aliphatic rings. The van der Waals surface area contributed by atoms with Crippen molar-refractivity contribution in [2.24, 2.45) is 5.41 Å². The smallest absolute Gasteiger partial charge is 0.317 e. The van der Waals surface area contributed by atoms with Crippen LogP contribution in [-0.2, 0) is 9.59 Å². The van der Waals surface area contributed by atoms with E-state index in [1.165, 1.54) is 0 Å². The molecule has 0 aliphatic carbocycles. The van der Waals surface area contributed by atoms with Crippen molar-refractivity contribution in [3.05, 3.63) is 0 Å². The van der Waals surface area contributed by atoms with Gasteiger partial charge in [0.2, 0.25) is 5.91 Å². The van der Waals surface area contributed by atoms with Crippen molar-refractivity contribution in [2.75, 3.05) is 20.1 Å². The van der Waals surface area contributed by atoms with Crippen LogP contribution in [0.4, 0.5) is 4.79 Å². The topological polar surface area (TPSA) is 98.7 Å². The molecule has 7 heteroatoms. The second kappa shape index (κ2) is 7.28. The number of nitrogens with zero attached hydrogens (tertiary/aromatic N) is 1. The van der Waals surface area contributed by atoms with Crippen molar-refractivity contribution in [2.45, 2.75) is 45.6 Å². The van der Waals surface area contributed by atoms with E-state index in [9.17, 15) is 14.4 Å². The molecule has 0 aromatic rings. The third kappa shape index (κ3) is 4.91. The summed E-state index contributed by atoms with van der Waals surface area (Å²) < 4.78 is 0. The highest BCUT2D eigenvalue weighted by molar-refractivity contribution is 5.84. The van der Waals surface area contributed by atoms with Gasteiger partial charge in [0.25, 0.3) is 0 Å². The summed E-state index contributed by atoms with van der Waals surface area (Å²) >= 11 is 0. The van der Waals surface area contributed by atoms with Crippen LogP contribution in [0.1, 0.15) is 39.5 Å². The lowest BCUT2D eigenvalue weighted by atomic mass is 9.89. The molecule has 1 aliphatic heterocycles. The first-order valence-electron chi connectivity index (χ1n) is 7.28. The SMILES string of the molecule is CNC(=O)C1(C)CCN(C(=O)NC(C)CCCC(=O)O)C1. The molecule has 0 radical (unpaired) electrons. The van der Waals surface area contributed by atoms with Crippen LogP contribution in [0, 0.1) is 5.41 Å². The molecule has 120 valence electrons. The molecule has 21 heavy (non-hydrogen) atoms. The predicted molar refractivity (Wildman–Crippen MR) is 77.8 cm³/mol. The summed E-state index contributed by atoms with van der Waals surface area (Å²) in [4.78, 5) is 36.0. The van der Waals surface area contributed by atoms with Crippen LogP contribution in [0.15, 0.2) is 0 Å². The van der Waals surface area contributed by atoms with Crippen LogP contribution in [-0.4, -0.2) is 54.1 Å². The quantitative estimate of drug-likeness (QED) is 0.675. The van der Waals surface area contributed by atoms with Crippen molar-refractivity contribution < 1.29 is 19.5 Å². The Labute approximate surface area is 125 Å². The molecule has 0 bridgehead atoms. The Bertz CT molecular complexity index is 413. The molecular weight excluding hydrogens is 274 g/mol. The molecule has 2 atom stereocenters. The average Bonchev–Trinajstić information content (AvgIpc) is 2.81.